The number of benzene rings is 2. The highest BCUT2D eigenvalue weighted by atomic mass is 79.9. The van der Waals surface area contributed by atoms with Crippen LogP contribution in [0.5, 0.6) is 0 Å². The smallest absolute Gasteiger partial charge is 0.254 e. The molecule has 0 unspecified atom stereocenters. The predicted octanol–water partition coefficient (Wildman–Crippen LogP) is 4.47. The minimum absolute atomic E-state index is 0.0176. The number of hydrogen-bond donors (Lipinski definition) is 2. The zero-order valence-electron chi connectivity index (χ0n) is 12.9. The maximum absolute atomic E-state index is 13.7. The Morgan fingerprint density at radius 1 is 1.21 bits per heavy atom. The number of carbonyl (C=O) groups is 1. The summed E-state index contributed by atoms with van der Waals surface area (Å²) in [5.41, 5.74) is 1.86. The van der Waals surface area contributed by atoms with Gasteiger partial charge in [-0.05, 0) is 36.8 Å². The molecule has 0 aliphatic rings. The lowest BCUT2D eigenvalue weighted by Crippen LogP contribution is -2.28. The van der Waals surface area contributed by atoms with E-state index in [1.165, 1.54) is 12.1 Å². The molecule has 122 valence electrons. The zero-order chi connectivity index (χ0) is 17.1. The quantitative estimate of drug-likeness (QED) is 0.693. The summed E-state index contributed by atoms with van der Waals surface area (Å²) in [4.78, 5) is 19.7. The van der Waals surface area contributed by atoms with E-state index in [9.17, 15) is 9.18 Å². The Bertz CT molecular complexity index is 861. The molecule has 0 bridgehead atoms. The molecule has 1 amide bonds. The molecule has 0 fully saturated rings. The second kappa shape index (κ2) is 6.97. The molecule has 0 spiro atoms. The Morgan fingerprint density at radius 2 is 1.92 bits per heavy atom. The van der Waals surface area contributed by atoms with Gasteiger partial charge in [-0.3, -0.25) is 4.79 Å². The van der Waals surface area contributed by atoms with Crippen LogP contribution in [0.15, 0.2) is 59.2 Å². The van der Waals surface area contributed by atoms with E-state index in [0.717, 1.165) is 15.7 Å². The van der Waals surface area contributed by atoms with Gasteiger partial charge in [-0.25, -0.2) is 9.37 Å². The van der Waals surface area contributed by atoms with Gasteiger partial charge in [-0.15, -0.1) is 0 Å². The average molecular weight is 388 g/mol. The van der Waals surface area contributed by atoms with E-state index in [1.807, 2.05) is 24.3 Å². The maximum atomic E-state index is 13.7. The predicted molar refractivity (Wildman–Crippen MR) is 94.0 cm³/mol. The second-order valence-corrected chi connectivity index (χ2v) is 6.28. The molecule has 1 heterocycles. The molecule has 1 atom stereocenters. The number of carbonyl (C=O) groups excluding carboxylic acids is 1. The summed E-state index contributed by atoms with van der Waals surface area (Å²) in [6, 6.07) is 13.3. The fourth-order valence-electron chi connectivity index (χ4n) is 2.32. The Labute approximate surface area is 147 Å². The van der Waals surface area contributed by atoms with Crippen LogP contribution in [0.2, 0.25) is 0 Å². The van der Waals surface area contributed by atoms with Gasteiger partial charge in [0.05, 0.1) is 23.5 Å². The third-order valence-electron chi connectivity index (χ3n) is 3.63. The second-order valence-electron chi connectivity index (χ2n) is 5.36. The van der Waals surface area contributed by atoms with Crippen LogP contribution in [0.3, 0.4) is 0 Å². The minimum atomic E-state index is -0.544. The van der Waals surface area contributed by atoms with Crippen molar-refractivity contribution in [3.63, 3.8) is 0 Å². The summed E-state index contributed by atoms with van der Waals surface area (Å²) >= 11 is 3.40. The van der Waals surface area contributed by atoms with Crippen LogP contribution in [0, 0.1) is 5.82 Å². The SMILES string of the molecule is C[C@@H](NC(=O)c1ccccc1F)c1ncc(-c2ccc(Br)cc2)[nH]1. The van der Waals surface area contributed by atoms with Crippen LogP contribution in [-0.4, -0.2) is 15.9 Å². The van der Waals surface area contributed by atoms with Crippen LogP contribution in [0.1, 0.15) is 29.1 Å². The van der Waals surface area contributed by atoms with Crippen molar-refractivity contribution in [3.05, 3.63) is 76.4 Å². The van der Waals surface area contributed by atoms with E-state index in [0.29, 0.717) is 5.82 Å². The van der Waals surface area contributed by atoms with Gasteiger partial charge in [0.25, 0.3) is 5.91 Å². The summed E-state index contributed by atoms with van der Waals surface area (Å²) in [6.07, 6.45) is 1.71. The number of amides is 1. The molecule has 2 aromatic carbocycles. The van der Waals surface area contributed by atoms with Crippen LogP contribution >= 0.6 is 15.9 Å². The number of hydrogen-bond acceptors (Lipinski definition) is 2. The monoisotopic (exact) mass is 387 g/mol. The topological polar surface area (TPSA) is 57.8 Å². The standard InChI is InChI=1S/C18H15BrFN3O/c1-11(22-18(24)14-4-2-3-5-15(14)20)17-21-10-16(23-17)12-6-8-13(19)9-7-12/h2-11H,1H3,(H,21,23)(H,22,24)/t11-/m1/s1. The third-order valence-corrected chi connectivity index (χ3v) is 4.16. The lowest BCUT2D eigenvalue weighted by atomic mass is 10.2. The van der Waals surface area contributed by atoms with E-state index >= 15 is 0 Å². The van der Waals surface area contributed by atoms with Gasteiger partial charge in [0.15, 0.2) is 0 Å². The molecular formula is C18H15BrFN3O. The number of aromatic nitrogens is 2. The molecule has 0 aliphatic carbocycles. The highest BCUT2D eigenvalue weighted by Gasteiger charge is 2.16. The molecule has 3 aromatic rings. The van der Waals surface area contributed by atoms with E-state index in [4.69, 9.17) is 0 Å². The number of H-pyrrole nitrogens is 1. The fourth-order valence-corrected chi connectivity index (χ4v) is 2.59. The van der Waals surface area contributed by atoms with Gasteiger partial charge in [-0.1, -0.05) is 40.2 Å². The Morgan fingerprint density at radius 3 is 2.62 bits per heavy atom. The first-order valence-electron chi connectivity index (χ1n) is 7.41. The first kappa shape index (κ1) is 16.4. The largest absolute Gasteiger partial charge is 0.342 e. The normalized spacial score (nSPS) is 12.0. The van der Waals surface area contributed by atoms with E-state index < -0.39 is 11.7 Å². The van der Waals surface area contributed by atoms with Crippen molar-refractivity contribution in [2.45, 2.75) is 13.0 Å². The van der Waals surface area contributed by atoms with E-state index in [1.54, 1.807) is 25.3 Å². The molecule has 0 radical (unpaired) electrons. The molecular weight excluding hydrogens is 373 g/mol. The number of rotatable bonds is 4. The van der Waals surface area contributed by atoms with Crippen molar-refractivity contribution < 1.29 is 9.18 Å². The van der Waals surface area contributed by atoms with E-state index in [2.05, 4.69) is 31.2 Å². The first-order chi connectivity index (χ1) is 11.5. The number of imidazole rings is 1. The molecule has 4 nitrogen and oxygen atoms in total. The van der Waals surface area contributed by atoms with Gasteiger partial charge < -0.3 is 10.3 Å². The summed E-state index contributed by atoms with van der Waals surface area (Å²) in [7, 11) is 0. The van der Waals surface area contributed by atoms with E-state index in [-0.39, 0.29) is 11.6 Å². The summed E-state index contributed by atoms with van der Waals surface area (Å²) < 4.78 is 14.7. The van der Waals surface area contributed by atoms with Gasteiger partial charge >= 0.3 is 0 Å². The Hall–Kier alpha value is -2.47. The maximum Gasteiger partial charge on any atom is 0.254 e. The molecule has 1 aromatic heterocycles. The summed E-state index contributed by atoms with van der Waals surface area (Å²) in [5, 5.41) is 2.75. The minimum Gasteiger partial charge on any atom is -0.342 e. The molecule has 24 heavy (non-hydrogen) atoms. The fraction of sp³-hybridized carbons (Fsp3) is 0.111. The third kappa shape index (κ3) is 3.54. The Kier molecular flexibility index (Phi) is 4.76. The molecule has 6 heteroatoms. The highest BCUT2D eigenvalue weighted by Crippen LogP contribution is 2.21. The number of nitrogens with one attached hydrogen (secondary N) is 2. The van der Waals surface area contributed by atoms with Crippen molar-refractivity contribution in [3.8, 4) is 11.3 Å². The lowest BCUT2D eigenvalue weighted by Gasteiger charge is -2.12. The van der Waals surface area contributed by atoms with Crippen LogP contribution in [0.25, 0.3) is 11.3 Å². The molecule has 3 rings (SSSR count). The van der Waals surface area contributed by atoms with Crippen molar-refractivity contribution in [2.24, 2.45) is 0 Å². The molecule has 2 N–H and O–H groups in total. The summed E-state index contributed by atoms with van der Waals surface area (Å²) in [5.74, 6) is -0.406. The van der Waals surface area contributed by atoms with Crippen molar-refractivity contribution in [1.29, 1.82) is 0 Å². The van der Waals surface area contributed by atoms with Crippen molar-refractivity contribution >= 4 is 21.8 Å². The first-order valence-corrected chi connectivity index (χ1v) is 8.20. The van der Waals surface area contributed by atoms with Crippen molar-refractivity contribution in [2.75, 3.05) is 0 Å². The lowest BCUT2D eigenvalue weighted by molar-refractivity contribution is 0.0934. The summed E-state index contributed by atoms with van der Waals surface area (Å²) in [6.45, 7) is 1.79. The molecule has 0 saturated heterocycles. The number of nitrogens with zero attached hydrogens (tertiary/aromatic N) is 1. The van der Waals surface area contributed by atoms with Crippen LogP contribution in [0.4, 0.5) is 4.39 Å². The highest BCUT2D eigenvalue weighted by molar-refractivity contribution is 9.10. The van der Waals surface area contributed by atoms with Gasteiger partial charge in [0, 0.05) is 4.47 Å². The van der Waals surface area contributed by atoms with Crippen LogP contribution < -0.4 is 5.32 Å². The van der Waals surface area contributed by atoms with Crippen LogP contribution in [-0.2, 0) is 0 Å². The number of halogens is 2. The van der Waals surface area contributed by atoms with Gasteiger partial charge in [-0.2, -0.15) is 0 Å². The number of aromatic amines is 1. The van der Waals surface area contributed by atoms with Gasteiger partial charge in [0.2, 0.25) is 0 Å². The zero-order valence-corrected chi connectivity index (χ0v) is 14.5. The van der Waals surface area contributed by atoms with Gasteiger partial charge in [0.1, 0.15) is 11.6 Å². The average Bonchev–Trinajstić information content (AvgIpc) is 3.06. The molecule has 0 saturated carbocycles. The molecule has 0 aliphatic heterocycles. The van der Waals surface area contributed by atoms with Crippen molar-refractivity contribution in [1.82, 2.24) is 15.3 Å². The Balaban J connectivity index is 1.74.